The number of nitrogens with zero attached hydrogens (tertiary/aromatic N) is 5. The summed E-state index contributed by atoms with van der Waals surface area (Å²) >= 11 is 3.43. The van der Waals surface area contributed by atoms with Crippen molar-refractivity contribution in [3.63, 3.8) is 0 Å². The predicted octanol–water partition coefficient (Wildman–Crippen LogP) is 1.67. The Morgan fingerprint density at radius 2 is 2.26 bits per heavy atom. The van der Waals surface area contributed by atoms with Gasteiger partial charge in [0.1, 0.15) is 5.69 Å². The number of amides is 1. The Morgan fingerprint density at radius 3 is 2.79 bits per heavy atom. The summed E-state index contributed by atoms with van der Waals surface area (Å²) in [5.74, 6) is -0.0969. The van der Waals surface area contributed by atoms with E-state index in [0.717, 1.165) is 16.7 Å². The van der Waals surface area contributed by atoms with Crippen LogP contribution in [0, 0.1) is 0 Å². The van der Waals surface area contributed by atoms with Gasteiger partial charge in [-0.05, 0) is 28.9 Å². The summed E-state index contributed by atoms with van der Waals surface area (Å²) in [7, 11) is 3.61. The number of aromatic nitrogens is 4. The predicted molar refractivity (Wildman–Crippen MR) is 74.6 cm³/mol. The van der Waals surface area contributed by atoms with Crippen LogP contribution in [0.3, 0.4) is 0 Å². The summed E-state index contributed by atoms with van der Waals surface area (Å²) < 4.78 is 4.38. The second kappa shape index (κ2) is 5.56. The van der Waals surface area contributed by atoms with E-state index in [1.165, 1.54) is 0 Å². The Bertz CT molecular complexity index is 569. The molecule has 0 spiro atoms. The van der Waals surface area contributed by atoms with Gasteiger partial charge >= 0.3 is 0 Å². The summed E-state index contributed by atoms with van der Waals surface area (Å²) in [6.07, 6.45) is 3.53. The van der Waals surface area contributed by atoms with E-state index in [4.69, 9.17) is 0 Å². The van der Waals surface area contributed by atoms with Crippen LogP contribution in [-0.4, -0.2) is 37.4 Å². The SMILES string of the molecule is CCn1ccc(C(=O)N(C)Cc2c(Br)cnn2C)n1. The van der Waals surface area contributed by atoms with E-state index in [9.17, 15) is 4.79 Å². The molecule has 0 bridgehead atoms. The minimum Gasteiger partial charge on any atom is -0.334 e. The van der Waals surface area contributed by atoms with E-state index in [1.54, 1.807) is 39.8 Å². The molecule has 0 aromatic carbocycles. The smallest absolute Gasteiger partial charge is 0.274 e. The molecule has 19 heavy (non-hydrogen) atoms. The van der Waals surface area contributed by atoms with Crippen molar-refractivity contribution in [2.45, 2.75) is 20.0 Å². The van der Waals surface area contributed by atoms with Gasteiger partial charge in [-0.3, -0.25) is 14.2 Å². The Balaban J connectivity index is 2.11. The molecule has 6 nitrogen and oxygen atoms in total. The number of hydrogen-bond donors (Lipinski definition) is 0. The molecule has 0 saturated heterocycles. The normalized spacial score (nSPS) is 10.7. The topological polar surface area (TPSA) is 56.0 Å². The fraction of sp³-hybridized carbons (Fsp3) is 0.417. The van der Waals surface area contributed by atoms with Crippen LogP contribution in [0.5, 0.6) is 0 Å². The van der Waals surface area contributed by atoms with Gasteiger partial charge < -0.3 is 4.90 Å². The molecule has 0 N–H and O–H groups in total. The van der Waals surface area contributed by atoms with Gasteiger partial charge in [-0.15, -0.1) is 0 Å². The van der Waals surface area contributed by atoms with Gasteiger partial charge in [0.2, 0.25) is 0 Å². The monoisotopic (exact) mass is 325 g/mol. The van der Waals surface area contributed by atoms with Gasteiger partial charge in [-0.1, -0.05) is 0 Å². The summed E-state index contributed by atoms with van der Waals surface area (Å²) in [6.45, 7) is 3.22. The van der Waals surface area contributed by atoms with Crippen LogP contribution in [0.4, 0.5) is 0 Å². The number of carbonyl (C=O) groups excluding carboxylic acids is 1. The molecule has 2 aromatic rings. The molecule has 0 radical (unpaired) electrons. The number of aryl methyl sites for hydroxylation is 2. The standard InChI is InChI=1S/C12H16BrN5O/c1-4-18-6-5-10(15-18)12(19)16(2)8-11-9(13)7-14-17(11)3/h5-7H,4,8H2,1-3H3. The molecule has 2 aromatic heterocycles. The first-order valence-corrected chi connectivity index (χ1v) is 6.77. The molecule has 0 saturated carbocycles. The first kappa shape index (κ1) is 13.8. The van der Waals surface area contributed by atoms with Crippen LogP contribution >= 0.6 is 15.9 Å². The van der Waals surface area contributed by atoms with Gasteiger partial charge in [-0.25, -0.2) is 0 Å². The summed E-state index contributed by atoms with van der Waals surface area (Å²) in [4.78, 5) is 13.9. The van der Waals surface area contributed by atoms with Gasteiger partial charge in [-0.2, -0.15) is 10.2 Å². The minimum atomic E-state index is -0.0969. The second-order valence-electron chi connectivity index (χ2n) is 4.28. The molecule has 102 valence electrons. The Hall–Kier alpha value is -1.63. The maximum atomic E-state index is 12.2. The van der Waals surface area contributed by atoms with Crippen molar-refractivity contribution in [1.82, 2.24) is 24.5 Å². The van der Waals surface area contributed by atoms with Crippen molar-refractivity contribution < 1.29 is 4.79 Å². The fourth-order valence-corrected chi connectivity index (χ4v) is 2.23. The first-order valence-electron chi connectivity index (χ1n) is 5.98. The lowest BCUT2D eigenvalue weighted by atomic mass is 10.3. The molecule has 0 aliphatic rings. The summed E-state index contributed by atoms with van der Waals surface area (Å²) in [5.41, 5.74) is 1.41. The van der Waals surface area contributed by atoms with Crippen LogP contribution in [0.1, 0.15) is 23.1 Å². The number of carbonyl (C=O) groups is 1. The molecule has 0 aliphatic carbocycles. The Morgan fingerprint density at radius 1 is 1.53 bits per heavy atom. The highest BCUT2D eigenvalue weighted by Gasteiger charge is 2.17. The molecular formula is C12H16BrN5O. The molecule has 2 heterocycles. The first-order chi connectivity index (χ1) is 9.02. The van der Waals surface area contributed by atoms with Crippen molar-refractivity contribution in [2.75, 3.05) is 7.05 Å². The van der Waals surface area contributed by atoms with Crippen molar-refractivity contribution in [1.29, 1.82) is 0 Å². The third-order valence-corrected chi connectivity index (χ3v) is 3.59. The second-order valence-corrected chi connectivity index (χ2v) is 5.14. The van der Waals surface area contributed by atoms with Crippen LogP contribution in [0.25, 0.3) is 0 Å². The molecule has 0 aliphatic heterocycles. The van der Waals surface area contributed by atoms with E-state index in [0.29, 0.717) is 12.2 Å². The highest BCUT2D eigenvalue weighted by atomic mass is 79.9. The molecule has 2 rings (SSSR count). The lowest BCUT2D eigenvalue weighted by molar-refractivity contribution is 0.0775. The van der Waals surface area contributed by atoms with E-state index in [2.05, 4.69) is 26.1 Å². The van der Waals surface area contributed by atoms with Crippen molar-refractivity contribution in [3.8, 4) is 0 Å². The zero-order valence-corrected chi connectivity index (χ0v) is 12.8. The number of rotatable bonds is 4. The quantitative estimate of drug-likeness (QED) is 0.859. The maximum Gasteiger partial charge on any atom is 0.274 e. The van der Waals surface area contributed by atoms with Gasteiger partial charge in [0.15, 0.2) is 0 Å². The number of halogens is 1. The average Bonchev–Trinajstić information content (AvgIpc) is 2.99. The zero-order chi connectivity index (χ0) is 14.0. The minimum absolute atomic E-state index is 0.0969. The van der Waals surface area contributed by atoms with Crippen molar-refractivity contribution in [3.05, 3.63) is 34.3 Å². The molecule has 0 atom stereocenters. The fourth-order valence-electron chi connectivity index (χ4n) is 1.76. The highest BCUT2D eigenvalue weighted by Crippen LogP contribution is 2.17. The van der Waals surface area contributed by atoms with E-state index in [1.807, 2.05) is 14.0 Å². The molecule has 0 fully saturated rings. The van der Waals surface area contributed by atoms with Crippen LogP contribution < -0.4 is 0 Å². The number of hydrogen-bond acceptors (Lipinski definition) is 3. The maximum absolute atomic E-state index is 12.2. The summed E-state index contributed by atoms with van der Waals surface area (Å²) in [5, 5.41) is 8.35. The van der Waals surface area contributed by atoms with Crippen molar-refractivity contribution in [2.24, 2.45) is 7.05 Å². The van der Waals surface area contributed by atoms with E-state index >= 15 is 0 Å². The Labute approximate surface area is 120 Å². The third kappa shape index (κ3) is 2.86. The largest absolute Gasteiger partial charge is 0.334 e. The lowest BCUT2D eigenvalue weighted by Gasteiger charge is -2.16. The Kier molecular flexibility index (Phi) is 4.04. The van der Waals surface area contributed by atoms with Crippen LogP contribution in [0.2, 0.25) is 0 Å². The van der Waals surface area contributed by atoms with Crippen LogP contribution in [-0.2, 0) is 20.1 Å². The van der Waals surface area contributed by atoms with E-state index in [-0.39, 0.29) is 5.91 Å². The highest BCUT2D eigenvalue weighted by molar-refractivity contribution is 9.10. The molecule has 7 heteroatoms. The zero-order valence-electron chi connectivity index (χ0n) is 11.2. The van der Waals surface area contributed by atoms with Gasteiger partial charge in [0, 0.05) is 26.8 Å². The molecule has 0 unspecified atom stereocenters. The third-order valence-electron chi connectivity index (χ3n) is 2.93. The van der Waals surface area contributed by atoms with Crippen molar-refractivity contribution >= 4 is 21.8 Å². The molecular weight excluding hydrogens is 310 g/mol. The molecule has 1 amide bonds. The summed E-state index contributed by atoms with van der Waals surface area (Å²) in [6, 6.07) is 1.74. The van der Waals surface area contributed by atoms with Gasteiger partial charge in [0.25, 0.3) is 5.91 Å². The van der Waals surface area contributed by atoms with Crippen LogP contribution in [0.15, 0.2) is 22.9 Å². The average molecular weight is 326 g/mol. The van der Waals surface area contributed by atoms with Gasteiger partial charge in [0.05, 0.1) is 22.9 Å². The lowest BCUT2D eigenvalue weighted by Crippen LogP contribution is -2.28. The van der Waals surface area contributed by atoms with E-state index < -0.39 is 0 Å².